The van der Waals surface area contributed by atoms with E-state index in [0.717, 1.165) is 11.1 Å². The van der Waals surface area contributed by atoms with E-state index in [1.807, 2.05) is 13.0 Å². The zero-order valence-electron chi connectivity index (χ0n) is 11.7. The van der Waals surface area contributed by atoms with E-state index in [2.05, 4.69) is 5.32 Å². The van der Waals surface area contributed by atoms with Crippen LogP contribution >= 0.6 is 11.6 Å². The molecule has 110 valence electrons. The molecule has 2 rings (SSSR count). The van der Waals surface area contributed by atoms with Gasteiger partial charge in [-0.3, -0.25) is 10.1 Å². The minimum Gasteiger partial charge on any atom is -0.489 e. The number of aryl methyl sites for hydroxylation is 1. The Morgan fingerprint density at radius 1 is 1.33 bits per heavy atom. The van der Waals surface area contributed by atoms with Crippen molar-refractivity contribution in [3.63, 3.8) is 0 Å². The Morgan fingerprint density at radius 3 is 2.71 bits per heavy atom. The van der Waals surface area contributed by atoms with Gasteiger partial charge in [-0.15, -0.1) is 0 Å². The van der Waals surface area contributed by atoms with Crippen LogP contribution in [-0.4, -0.2) is 12.0 Å². The van der Waals surface area contributed by atoms with Gasteiger partial charge in [-0.2, -0.15) is 0 Å². The summed E-state index contributed by atoms with van der Waals surface area (Å²) in [5, 5.41) is 14.5. The summed E-state index contributed by atoms with van der Waals surface area (Å²) < 4.78 is 5.68. The van der Waals surface area contributed by atoms with E-state index in [1.54, 1.807) is 31.3 Å². The lowest BCUT2D eigenvalue weighted by Crippen LogP contribution is -2.04. The molecule has 0 saturated carbocycles. The highest BCUT2D eigenvalue weighted by molar-refractivity contribution is 6.31. The fraction of sp³-hybridized carbons (Fsp3) is 0.200. The Hall–Kier alpha value is -2.27. The van der Waals surface area contributed by atoms with Crippen molar-refractivity contribution in [1.29, 1.82) is 0 Å². The molecule has 5 nitrogen and oxygen atoms in total. The summed E-state index contributed by atoms with van der Waals surface area (Å²) in [7, 11) is 1.65. The summed E-state index contributed by atoms with van der Waals surface area (Å²) >= 11 is 5.96. The minimum absolute atomic E-state index is 0.0332. The van der Waals surface area contributed by atoms with Crippen LogP contribution in [0.3, 0.4) is 0 Å². The Labute approximate surface area is 127 Å². The van der Waals surface area contributed by atoms with Crippen molar-refractivity contribution in [2.75, 3.05) is 12.4 Å². The molecular weight excluding hydrogens is 292 g/mol. The number of benzene rings is 2. The zero-order valence-corrected chi connectivity index (χ0v) is 12.5. The van der Waals surface area contributed by atoms with Crippen molar-refractivity contribution in [3.05, 3.63) is 62.7 Å². The number of hydrogen-bond acceptors (Lipinski definition) is 4. The molecule has 2 aromatic carbocycles. The summed E-state index contributed by atoms with van der Waals surface area (Å²) in [5.74, 6) is 0.672. The molecule has 0 atom stereocenters. The van der Waals surface area contributed by atoms with Crippen molar-refractivity contribution in [3.8, 4) is 5.75 Å². The molecule has 0 aliphatic heterocycles. The topological polar surface area (TPSA) is 64.4 Å². The van der Waals surface area contributed by atoms with Gasteiger partial charge >= 0.3 is 0 Å². The molecule has 0 amide bonds. The van der Waals surface area contributed by atoms with Crippen molar-refractivity contribution in [2.24, 2.45) is 0 Å². The van der Waals surface area contributed by atoms with Gasteiger partial charge in [0.05, 0.1) is 4.92 Å². The molecule has 0 fully saturated rings. The third-order valence-corrected chi connectivity index (χ3v) is 3.52. The third kappa shape index (κ3) is 3.44. The Morgan fingerprint density at radius 2 is 2.10 bits per heavy atom. The van der Waals surface area contributed by atoms with Gasteiger partial charge in [0.2, 0.25) is 0 Å². The molecule has 0 unspecified atom stereocenters. The number of anilines is 1. The number of halogens is 1. The second kappa shape index (κ2) is 6.45. The maximum atomic E-state index is 11.0. The van der Waals surface area contributed by atoms with E-state index in [0.29, 0.717) is 16.5 Å². The number of nitro groups is 1. The monoisotopic (exact) mass is 306 g/mol. The average molecular weight is 307 g/mol. The fourth-order valence-corrected chi connectivity index (χ4v) is 2.13. The van der Waals surface area contributed by atoms with Crippen LogP contribution in [0.5, 0.6) is 5.75 Å². The van der Waals surface area contributed by atoms with E-state index in [4.69, 9.17) is 16.3 Å². The van der Waals surface area contributed by atoms with E-state index < -0.39 is 4.92 Å². The lowest BCUT2D eigenvalue weighted by molar-refractivity contribution is -0.384. The van der Waals surface area contributed by atoms with Gasteiger partial charge in [-0.1, -0.05) is 23.7 Å². The molecule has 0 aromatic heterocycles. The normalized spacial score (nSPS) is 10.2. The Bertz CT molecular complexity index is 674. The number of nitro benzene ring substituents is 1. The molecule has 0 heterocycles. The van der Waals surface area contributed by atoms with E-state index in [-0.39, 0.29) is 12.3 Å². The summed E-state index contributed by atoms with van der Waals surface area (Å²) in [6.07, 6.45) is 0. The first-order chi connectivity index (χ1) is 10.0. The first kappa shape index (κ1) is 15.1. The van der Waals surface area contributed by atoms with Gasteiger partial charge in [0.15, 0.2) is 0 Å². The van der Waals surface area contributed by atoms with Crippen LogP contribution in [0.4, 0.5) is 11.4 Å². The van der Waals surface area contributed by atoms with E-state index >= 15 is 0 Å². The molecule has 0 saturated heterocycles. The van der Waals surface area contributed by atoms with Crippen LogP contribution in [0.1, 0.15) is 11.1 Å². The van der Waals surface area contributed by atoms with Gasteiger partial charge in [-0.25, -0.2) is 0 Å². The summed E-state index contributed by atoms with van der Waals surface area (Å²) in [4.78, 5) is 10.6. The van der Waals surface area contributed by atoms with Gasteiger partial charge in [0, 0.05) is 23.7 Å². The lowest BCUT2D eigenvalue weighted by atomic mass is 10.1. The van der Waals surface area contributed by atoms with E-state index in [1.165, 1.54) is 6.07 Å². The first-order valence-electron chi connectivity index (χ1n) is 6.36. The number of nitrogens with one attached hydrogen (secondary N) is 1. The minimum atomic E-state index is -0.415. The molecule has 6 heteroatoms. The summed E-state index contributed by atoms with van der Waals surface area (Å²) in [6.45, 7) is 2.13. The molecule has 0 spiro atoms. The molecular formula is C15H15ClN2O3. The van der Waals surface area contributed by atoms with Gasteiger partial charge < -0.3 is 10.1 Å². The van der Waals surface area contributed by atoms with Crippen molar-refractivity contribution in [1.82, 2.24) is 0 Å². The number of nitrogens with zero attached hydrogens (tertiary/aromatic N) is 1. The lowest BCUT2D eigenvalue weighted by Gasteiger charge is -2.11. The number of hydrogen-bond donors (Lipinski definition) is 1. The maximum Gasteiger partial charge on any atom is 0.292 e. The molecule has 0 aliphatic carbocycles. The third-order valence-electron chi connectivity index (χ3n) is 3.10. The van der Waals surface area contributed by atoms with Gasteiger partial charge in [0.1, 0.15) is 18.0 Å². The van der Waals surface area contributed by atoms with Crippen LogP contribution in [-0.2, 0) is 6.61 Å². The smallest absolute Gasteiger partial charge is 0.292 e. The number of ether oxygens (including phenoxy) is 1. The maximum absolute atomic E-state index is 11.0. The predicted octanol–water partition coefficient (Wildman–Crippen LogP) is 4.18. The quantitative estimate of drug-likeness (QED) is 0.665. The fourth-order valence-electron chi connectivity index (χ4n) is 2.02. The van der Waals surface area contributed by atoms with Crippen LogP contribution in [0.2, 0.25) is 5.02 Å². The first-order valence-corrected chi connectivity index (χ1v) is 6.73. The highest BCUT2D eigenvalue weighted by Crippen LogP contribution is 2.29. The van der Waals surface area contributed by atoms with E-state index in [9.17, 15) is 10.1 Å². The SMILES string of the molecule is CNc1c(COc2ccc(Cl)c(C)c2)cccc1[N+](=O)[O-]. The molecule has 0 bridgehead atoms. The van der Waals surface area contributed by atoms with Crippen molar-refractivity contribution >= 4 is 23.0 Å². The average Bonchev–Trinajstić information content (AvgIpc) is 2.47. The number of para-hydroxylation sites is 1. The van der Waals surface area contributed by atoms with Crippen LogP contribution in [0.25, 0.3) is 0 Å². The van der Waals surface area contributed by atoms with Crippen LogP contribution in [0.15, 0.2) is 36.4 Å². The number of rotatable bonds is 5. The zero-order chi connectivity index (χ0) is 15.4. The summed E-state index contributed by atoms with van der Waals surface area (Å²) in [6, 6.07) is 10.3. The second-order valence-electron chi connectivity index (χ2n) is 4.52. The highest BCUT2D eigenvalue weighted by Gasteiger charge is 2.16. The predicted molar refractivity (Wildman–Crippen MR) is 83.2 cm³/mol. The largest absolute Gasteiger partial charge is 0.489 e. The molecule has 0 aliphatic rings. The van der Waals surface area contributed by atoms with Crippen LogP contribution in [0, 0.1) is 17.0 Å². The molecule has 1 N–H and O–H groups in total. The molecule has 21 heavy (non-hydrogen) atoms. The van der Waals surface area contributed by atoms with Gasteiger partial charge in [0.25, 0.3) is 5.69 Å². The molecule has 2 aromatic rings. The van der Waals surface area contributed by atoms with Crippen LogP contribution < -0.4 is 10.1 Å². The van der Waals surface area contributed by atoms with Crippen molar-refractivity contribution < 1.29 is 9.66 Å². The summed E-state index contributed by atoms with van der Waals surface area (Å²) in [5.41, 5.74) is 2.14. The highest BCUT2D eigenvalue weighted by atomic mass is 35.5. The Balaban J connectivity index is 2.21. The Kier molecular flexibility index (Phi) is 4.65. The molecule has 0 radical (unpaired) electrons. The standard InChI is InChI=1S/C15H15ClN2O3/c1-10-8-12(6-7-13(10)16)21-9-11-4-3-5-14(18(19)20)15(11)17-2/h3-8,17H,9H2,1-2H3. The van der Waals surface area contributed by atoms with Gasteiger partial charge in [-0.05, 0) is 30.7 Å². The van der Waals surface area contributed by atoms with Crippen molar-refractivity contribution in [2.45, 2.75) is 13.5 Å². The second-order valence-corrected chi connectivity index (χ2v) is 4.93.